The average molecular weight is 298 g/mol. The Bertz CT molecular complexity index is 593. The molecule has 0 saturated heterocycles. The second-order valence-corrected chi connectivity index (χ2v) is 6.94. The number of fused-ring (bicyclic) bond motifs is 2. The lowest BCUT2D eigenvalue weighted by atomic mass is 10.1. The van der Waals surface area contributed by atoms with E-state index in [0.29, 0.717) is 12.1 Å². The third-order valence-corrected chi connectivity index (χ3v) is 5.52. The van der Waals surface area contributed by atoms with Crippen LogP contribution in [0.25, 0.3) is 0 Å². The number of benzene rings is 2. The smallest absolute Gasteiger partial charge is 0.0555 e. The largest absolute Gasteiger partial charge is 0.335 e. The Hall–Kier alpha value is -1.45. The summed E-state index contributed by atoms with van der Waals surface area (Å²) in [6, 6.07) is 18.3. The van der Waals surface area contributed by atoms with Gasteiger partial charge < -0.3 is 9.80 Å². The molecular formula is C18H22N2S. The maximum atomic E-state index is 2.49. The molecule has 0 N–H and O–H groups in total. The van der Waals surface area contributed by atoms with Crippen LogP contribution in [0, 0.1) is 0 Å². The molecule has 3 rings (SSSR count). The van der Waals surface area contributed by atoms with Gasteiger partial charge in [-0.25, -0.2) is 0 Å². The minimum Gasteiger partial charge on any atom is -0.335 e. The summed E-state index contributed by atoms with van der Waals surface area (Å²) in [6.45, 7) is 4.60. The Morgan fingerprint density at radius 1 is 0.857 bits per heavy atom. The summed E-state index contributed by atoms with van der Waals surface area (Å²) in [7, 11) is 4.30. The second-order valence-electron chi connectivity index (χ2n) is 5.85. The van der Waals surface area contributed by atoms with Crippen LogP contribution in [0.2, 0.25) is 0 Å². The molecule has 0 aliphatic carbocycles. The topological polar surface area (TPSA) is 6.48 Å². The molecule has 2 aromatic rings. The van der Waals surface area contributed by atoms with Crippen molar-refractivity contribution < 1.29 is 0 Å². The standard InChI is InChI=1S/C18H22N2S/c1-13(19(3)4)14(2)20-15-9-5-7-11-17(15)21-18-12-8-6-10-16(18)20/h5-14H,1-4H3. The lowest BCUT2D eigenvalue weighted by Crippen LogP contribution is -2.45. The van der Waals surface area contributed by atoms with Gasteiger partial charge in [0.05, 0.1) is 11.4 Å². The maximum absolute atomic E-state index is 2.49. The summed E-state index contributed by atoms with van der Waals surface area (Å²) in [6.07, 6.45) is 0. The van der Waals surface area contributed by atoms with E-state index in [9.17, 15) is 0 Å². The normalized spacial score (nSPS) is 16.3. The summed E-state index contributed by atoms with van der Waals surface area (Å²) in [5.41, 5.74) is 2.64. The first-order chi connectivity index (χ1) is 10.1. The summed E-state index contributed by atoms with van der Waals surface area (Å²) in [5.74, 6) is 0. The monoisotopic (exact) mass is 298 g/mol. The van der Waals surface area contributed by atoms with Crippen LogP contribution in [0.5, 0.6) is 0 Å². The highest BCUT2D eigenvalue weighted by molar-refractivity contribution is 7.99. The molecule has 1 aliphatic rings. The minimum atomic E-state index is 0.406. The van der Waals surface area contributed by atoms with Gasteiger partial charge in [-0.2, -0.15) is 0 Å². The molecule has 0 spiro atoms. The van der Waals surface area contributed by atoms with Crippen molar-refractivity contribution in [2.75, 3.05) is 19.0 Å². The van der Waals surface area contributed by atoms with Crippen molar-refractivity contribution in [1.82, 2.24) is 4.90 Å². The molecule has 1 heterocycles. The van der Waals surface area contributed by atoms with E-state index in [-0.39, 0.29) is 0 Å². The lowest BCUT2D eigenvalue weighted by molar-refractivity contribution is 0.279. The molecule has 0 aromatic heterocycles. The second kappa shape index (κ2) is 5.74. The van der Waals surface area contributed by atoms with Gasteiger partial charge in [-0.3, -0.25) is 0 Å². The quantitative estimate of drug-likeness (QED) is 0.816. The van der Waals surface area contributed by atoms with Crippen molar-refractivity contribution in [3.8, 4) is 0 Å². The van der Waals surface area contributed by atoms with Crippen LogP contribution in [0.15, 0.2) is 58.3 Å². The first-order valence-corrected chi connectivity index (χ1v) is 8.23. The van der Waals surface area contributed by atoms with Gasteiger partial charge in [-0.05, 0) is 52.2 Å². The molecule has 3 heteroatoms. The van der Waals surface area contributed by atoms with E-state index in [1.54, 1.807) is 0 Å². The van der Waals surface area contributed by atoms with Crippen LogP contribution in [-0.2, 0) is 0 Å². The predicted octanol–water partition coefficient (Wildman–Crippen LogP) is 4.63. The molecule has 0 amide bonds. The third-order valence-electron chi connectivity index (χ3n) is 4.39. The third kappa shape index (κ3) is 2.56. The van der Waals surface area contributed by atoms with E-state index in [4.69, 9.17) is 0 Å². The molecule has 2 nitrogen and oxygen atoms in total. The zero-order chi connectivity index (χ0) is 15.0. The van der Waals surface area contributed by atoms with Gasteiger partial charge in [0.15, 0.2) is 0 Å². The zero-order valence-corrected chi connectivity index (χ0v) is 13.9. The van der Waals surface area contributed by atoms with E-state index < -0.39 is 0 Å². The minimum absolute atomic E-state index is 0.406. The summed E-state index contributed by atoms with van der Waals surface area (Å²) in [4.78, 5) is 7.46. The predicted molar refractivity (Wildman–Crippen MR) is 91.8 cm³/mol. The molecule has 2 aromatic carbocycles. The van der Waals surface area contributed by atoms with Crippen LogP contribution in [-0.4, -0.2) is 31.1 Å². The number of anilines is 2. The van der Waals surface area contributed by atoms with Crippen molar-refractivity contribution in [2.45, 2.75) is 35.7 Å². The zero-order valence-electron chi connectivity index (χ0n) is 13.1. The molecule has 2 atom stereocenters. The Kier molecular flexibility index (Phi) is 3.96. The molecule has 0 fully saturated rings. The van der Waals surface area contributed by atoms with Crippen molar-refractivity contribution in [3.63, 3.8) is 0 Å². The maximum Gasteiger partial charge on any atom is 0.0555 e. The highest BCUT2D eigenvalue weighted by Crippen LogP contribution is 2.49. The van der Waals surface area contributed by atoms with E-state index >= 15 is 0 Å². The molecule has 1 aliphatic heterocycles. The van der Waals surface area contributed by atoms with E-state index in [0.717, 1.165) is 0 Å². The summed E-state index contributed by atoms with van der Waals surface area (Å²) < 4.78 is 0. The molecule has 2 unspecified atom stereocenters. The number of rotatable bonds is 3. The number of hydrogen-bond donors (Lipinski definition) is 0. The Labute approximate surface area is 131 Å². The summed E-state index contributed by atoms with van der Waals surface area (Å²) in [5, 5.41) is 0. The van der Waals surface area contributed by atoms with Gasteiger partial charge >= 0.3 is 0 Å². The number of likely N-dealkylation sites (N-methyl/N-ethyl adjacent to an activating group) is 1. The number of hydrogen-bond acceptors (Lipinski definition) is 3. The highest BCUT2D eigenvalue weighted by atomic mass is 32.2. The van der Waals surface area contributed by atoms with Gasteiger partial charge in [-0.1, -0.05) is 36.0 Å². The molecule has 0 saturated carbocycles. The van der Waals surface area contributed by atoms with Gasteiger partial charge in [0.1, 0.15) is 0 Å². The van der Waals surface area contributed by atoms with Gasteiger partial charge in [-0.15, -0.1) is 0 Å². The molecule has 0 radical (unpaired) electrons. The van der Waals surface area contributed by atoms with Crippen molar-refractivity contribution in [3.05, 3.63) is 48.5 Å². The van der Waals surface area contributed by atoms with Crippen molar-refractivity contribution >= 4 is 23.1 Å². The van der Waals surface area contributed by atoms with Gasteiger partial charge in [0.25, 0.3) is 0 Å². The Morgan fingerprint density at radius 3 is 1.81 bits per heavy atom. The van der Waals surface area contributed by atoms with Crippen molar-refractivity contribution in [2.24, 2.45) is 0 Å². The fourth-order valence-corrected chi connectivity index (χ4v) is 3.89. The first kappa shape index (κ1) is 14.5. The van der Waals surface area contributed by atoms with Gasteiger partial charge in [0.2, 0.25) is 0 Å². The first-order valence-electron chi connectivity index (χ1n) is 7.41. The number of nitrogens with zero attached hydrogens (tertiary/aromatic N) is 2. The molecule has 110 valence electrons. The van der Waals surface area contributed by atoms with Crippen LogP contribution >= 0.6 is 11.8 Å². The Morgan fingerprint density at radius 2 is 1.33 bits per heavy atom. The summed E-state index contributed by atoms with van der Waals surface area (Å²) >= 11 is 1.87. The van der Waals surface area contributed by atoms with Crippen molar-refractivity contribution in [1.29, 1.82) is 0 Å². The van der Waals surface area contributed by atoms with Crippen LogP contribution in [0.1, 0.15) is 13.8 Å². The molecule has 21 heavy (non-hydrogen) atoms. The Balaban J connectivity index is 2.10. The molecular weight excluding hydrogens is 276 g/mol. The van der Waals surface area contributed by atoms with E-state index in [2.05, 4.69) is 86.3 Å². The number of para-hydroxylation sites is 2. The SMILES string of the molecule is CC(C(C)N1c2ccccc2Sc2ccccc21)N(C)C. The van der Waals surface area contributed by atoms with E-state index in [1.165, 1.54) is 21.2 Å². The van der Waals surface area contributed by atoms with Crippen LogP contribution in [0.4, 0.5) is 11.4 Å². The molecule has 0 bridgehead atoms. The lowest BCUT2D eigenvalue weighted by Gasteiger charge is -2.41. The highest BCUT2D eigenvalue weighted by Gasteiger charge is 2.29. The average Bonchev–Trinajstić information content (AvgIpc) is 2.51. The fraction of sp³-hybridized carbons (Fsp3) is 0.333. The van der Waals surface area contributed by atoms with Crippen LogP contribution < -0.4 is 4.90 Å². The van der Waals surface area contributed by atoms with Crippen LogP contribution in [0.3, 0.4) is 0 Å². The fourth-order valence-electron chi connectivity index (χ4n) is 2.82. The van der Waals surface area contributed by atoms with E-state index in [1.807, 2.05) is 11.8 Å². The van der Waals surface area contributed by atoms with Gasteiger partial charge in [0, 0.05) is 21.9 Å².